The monoisotopic (exact) mass is 335 g/mol. The van der Waals surface area contributed by atoms with Crippen LogP contribution in [0.1, 0.15) is 34.0 Å². The summed E-state index contributed by atoms with van der Waals surface area (Å²) in [6, 6.07) is 14.0. The number of carbonyl (C=O) groups is 1. The summed E-state index contributed by atoms with van der Waals surface area (Å²) in [5.74, 6) is -0.263. The first kappa shape index (κ1) is 16.8. The number of aromatic amines is 1. The number of nitrogens with zero attached hydrogens (tertiary/aromatic N) is 3. The molecule has 3 aromatic rings. The van der Waals surface area contributed by atoms with Gasteiger partial charge in [-0.05, 0) is 61.6 Å². The molecule has 3 rings (SSSR count). The Morgan fingerprint density at radius 2 is 1.84 bits per heavy atom. The van der Waals surface area contributed by atoms with Gasteiger partial charge in [0, 0.05) is 5.69 Å². The van der Waals surface area contributed by atoms with Crippen molar-refractivity contribution in [2.75, 3.05) is 5.32 Å². The molecule has 0 fully saturated rings. The maximum absolute atomic E-state index is 12.9. The van der Waals surface area contributed by atoms with Crippen molar-refractivity contribution in [1.29, 1.82) is 0 Å². The van der Waals surface area contributed by atoms with Gasteiger partial charge in [-0.3, -0.25) is 4.79 Å². The number of rotatable bonds is 5. The molecular weight excluding hydrogens is 314 g/mol. The molecule has 1 heterocycles. The number of carbonyl (C=O) groups excluding carboxylic acids is 1. The van der Waals surface area contributed by atoms with Crippen LogP contribution in [0.15, 0.2) is 42.5 Å². The maximum atomic E-state index is 12.9. The Hall–Kier alpha value is -3.02. The smallest absolute Gasteiger partial charge is 0.235 e. The molecule has 0 aliphatic rings. The lowest BCUT2D eigenvalue weighted by Gasteiger charge is -2.15. The molecule has 0 aliphatic heterocycles. The molecule has 1 aromatic heterocycles. The molecule has 6 nitrogen and oxygen atoms in total. The molecule has 1 unspecified atom stereocenters. The molecule has 0 aliphatic carbocycles. The first-order valence-corrected chi connectivity index (χ1v) is 8.20. The fourth-order valence-corrected chi connectivity index (χ4v) is 2.95. The van der Waals surface area contributed by atoms with Crippen molar-refractivity contribution in [3.63, 3.8) is 0 Å². The van der Waals surface area contributed by atoms with E-state index in [4.69, 9.17) is 0 Å². The van der Waals surface area contributed by atoms with E-state index in [1.807, 2.05) is 57.2 Å². The highest BCUT2D eigenvalue weighted by Gasteiger charge is 2.26. The Bertz CT molecular complexity index is 853. The molecule has 128 valence electrons. The summed E-state index contributed by atoms with van der Waals surface area (Å²) in [6.45, 7) is 6.05. The highest BCUT2D eigenvalue weighted by molar-refractivity contribution is 5.95. The Morgan fingerprint density at radius 1 is 1.12 bits per heavy atom. The second-order valence-corrected chi connectivity index (χ2v) is 6.32. The Balaban J connectivity index is 1.86. The zero-order valence-electron chi connectivity index (χ0n) is 14.6. The number of aryl methyl sites for hydroxylation is 3. The number of benzene rings is 2. The van der Waals surface area contributed by atoms with E-state index in [9.17, 15) is 4.79 Å². The third-order valence-electron chi connectivity index (χ3n) is 4.16. The largest absolute Gasteiger partial charge is 0.325 e. The topological polar surface area (TPSA) is 83.6 Å². The van der Waals surface area contributed by atoms with Gasteiger partial charge in [0.1, 0.15) is 5.92 Å². The second-order valence-electron chi connectivity index (χ2n) is 6.32. The number of anilines is 1. The number of aromatic nitrogens is 4. The molecule has 1 atom stereocenters. The fraction of sp³-hybridized carbons (Fsp3) is 0.263. The van der Waals surface area contributed by atoms with E-state index in [0.717, 1.165) is 27.9 Å². The molecule has 2 N–H and O–H groups in total. The summed E-state index contributed by atoms with van der Waals surface area (Å²) >= 11 is 0. The quantitative estimate of drug-likeness (QED) is 0.750. The van der Waals surface area contributed by atoms with Crippen molar-refractivity contribution in [3.05, 3.63) is 70.5 Å². The SMILES string of the molecule is Cc1cc(C)cc(NC(=O)C(Cc2ccccc2C)c2nn[nH]n2)c1. The minimum Gasteiger partial charge on any atom is -0.325 e. The van der Waals surface area contributed by atoms with E-state index in [1.54, 1.807) is 0 Å². The molecule has 0 bridgehead atoms. The van der Waals surface area contributed by atoms with Crippen molar-refractivity contribution in [2.24, 2.45) is 0 Å². The predicted molar refractivity (Wildman–Crippen MR) is 96.3 cm³/mol. The van der Waals surface area contributed by atoms with E-state index in [1.165, 1.54) is 0 Å². The molecule has 0 saturated carbocycles. The third kappa shape index (κ3) is 4.09. The molecule has 0 saturated heterocycles. The molecule has 0 radical (unpaired) electrons. The van der Waals surface area contributed by atoms with Gasteiger partial charge in [0.2, 0.25) is 5.91 Å². The number of hydrogen-bond donors (Lipinski definition) is 2. The van der Waals surface area contributed by atoms with Gasteiger partial charge in [0.25, 0.3) is 0 Å². The van der Waals surface area contributed by atoms with E-state index in [2.05, 4.69) is 32.0 Å². The second kappa shape index (κ2) is 7.25. The lowest BCUT2D eigenvalue weighted by atomic mass is 9.94. The van der Waals surface area contributed by atoms with Crippen molar-refractivity contribution in [1.82, 2.24) is 20.6 Å². The van der Waals surface area contributed by atoms with Gasteiger partial charge in [-0.15, -0.1) is 10.2 Å². The van der Waals surface area contributed by atoms with E-state index < -0.39 is 5.92 Å². The Kier molecular flexibility index (Phi) is 4.88. The fourth-order valence-electron chi connectivity index (χ4n) is 2.95. The highest BCUT2D eigenvalue weighted by atomic mass is 16.1. The van der Waals surface area contributed by atoms with Crippen LogP contribution in [0.2, 0.25) is 0 Å². The van der Waals surface area contributed by atoms with E-state index >= 15 is 0 Å². The third-order valence-corrected chi connectivity index (χ3v) is 4.16. The van der Waals surface area contributed by atoms with Crippen LogP contribution in [0, 0.1) is 20.8 Å². The van der Waals surface area contributed by atoms with Crippen LogP contribution in [0.4, 0.5) is 5.69 Å². The molecule has 2 aromatic carbocycles. The van der Waals surface area contributed by atoms with Crippen LogP contribution < -0.4 is 5.32 Å². The molecule has 6 heteroatoms. The van der Waals surface area contributed by atoms with Crippen LogP contribution in [-0.4, -0.2) is 26.5 Å². The summed E-state index contributed by atoms with van der Waals surface area (Å²) < 4.78 is 0. The van der Waals surface area contributed by atoms with Gasteiger partial charge in [0.05, 0.1) is 0 Å². The number of nitrogens with one attached hydrogen (secondary N) is 2. The minimum atomic E-state index is -0.513. The van der Waals surface area contributed by atoms with E-state index in [0.29, 0.717) is 12.2 Å². The van der Waals surface area contributed by atoms with Crippen molar-refractivity contribution < 1.29 is 4.79 Å². The van der Waals surface area contributed by atoms with Crippen molar-refractivity contribution in [2.45, 2.75) is 33.1 Å². The first-order chi connectivity index (χ1) is 12.0. The molecular formula is C19H21N5O. The number of hydrogen-bond acceptors (Lipinski definition) is 4. The lowest BCUT2D eigenvalue weighted by Crippen LogP contribution is -2.24. The minimum absolute atomic E-state index is 0.144. The Morgan fingerprint density at radius 3 is 2.48 bits per heavy atom. The number of H-pyrrole nitrogens is 1. The van der Waals surface area contributed by atoms with Crippen LogP contribution in [-0.2, 0) is 11.2 Å². The van der Waals surface area contributed by atoms with Crippen LogP contribution in [0.5, 0.6) is 0 Å². The summed E-state index contributed by atoms with van der Waals surface area (Å²) in [4.78, 5) is 12.9. The zero-order chi connectivity index (χ0) is 17.8. The molecule has 0 spiro atoms. The van der Waals surface area contributed by atoms with Crippen LogP contribution in [0.25, 0.3) is 0 Å². The number of amides is 1. The van der Waals surface area contributed by atoms with E-state index in [-0.39, 0.29) is 5.91 Å². The highest BCUT2D eigenvalue weighted by Crippen LogP contribution is 2.22. The number of tetrazole rings is 1. The molecule has 1 amide bonds. The van der Waals surface area contributed by atoms with Gasteiger partial charge in [-0.1, -0.05) is 35.5 Å². The van der Waals surface area contributed by atoms with Crippen molar-refractivity contribution >= 4 is 11.6 Å². The summed E-state index contributed by atoms with van der Waals surface area (Å²) in [5, 5.41) is 17.1. The summed E-state index contributed by atoms with van der Waals surface area (Å²) in [5.41, 5.74) is 5.21. The lowest BCUT2D eigenvalue weighted by molar-refractivity contribution is -0.117. The first-order valence-electron chi connectivity index (χ1n) is 8.20. The average Bonchev–Trinajstić information content (AvgIpc) is 3.07. The molecule has 25 heavy (non-hydrogen) atoms. The van der Waals surface area contributed by atoms with Crippen molar-refractivity contribution in [3.8, 4) is 0 Å². The summed E-state index contributed by atoms with van der Waals surface area (Å²) in [7, 11) is 0. The van der Waals surface area contributed by atoms with Gasteiger partial charge in [-0.2, -0.15) is 5.21 Å². The van der Waals surface area contributed by atoms with Gasteiger partial charge in [-0.25, -0.2) is 0 Å². The predicted octanol–water partition coefficient (Wildman–Crippen LogP) is 3.09. The van der Waals surface area contributed by atoms with Gasteiger partial charge >= 0.3 is 0 Å². The van der Waals surface area contributed by atoms with Crippen LogP contribution in [0.3, 0.4) is 0 Å². The van der Waals surface area contributed by atoms with Crippen LogP contribution >= 0.6 is 0 Å². The normalized spacial score (nSPS) is 12.0. The van der Waals surface area contributed by atoms with Gasteiger partial charge < -0.3 is 5.32 Å². The van der Waals surface area contributed by atoms with Gasteiger partial charge in [0.15, 0.2) is 5.82 Å². The Labute approximate surface area is 146 Å². The zero-order valence-corrected chi connectivity index (χ0v) is 14.6. The standard InChI is InChI=1S/C19H21N5O/c1-12-8-13(2)10-16(9-12)20-19(25)17(18-21-23-24-22-18)11-15-7-5-4-6-14(15)3/h4-10,17H,11H2,1-3H3,(H,20,25)(H,21,22,23,24). The maximum Gasteiger partial charge on any atom is 0.235 e. The average molecular weight is 335 g/mol. The summed E-state index contributed by atoms with van der Waals surface area (Å²) in [6.07, 6.45) is 0.517.